The predicted octanol–water partition coefficient (Wildman–Crippen LogP) is 0.536. The highest BCUT2D eigenvalue weighted by molar-refractivity contribution is 5.28. The molecule has 1 aliphatic heterocycles. The molecule has 72 valence electrons. The summed E-state index contributed by atoms with van der Waals surface area (Å²) in [6.45, 7) is 5.63. The highest BCUT2D eigenvalue weighted by Crippen LogP contribution is 2.12. The van der Waals surface area contributed by atoms with Gasteiger partial charge in [-0.05, 0) is 6.54 Å². The Morgan fingerprint density at radius 2 is 2.38 bits per heavy atom. The summed E-state index contributed by atoms with van der Waals surface area (Å²) in [4.78, 5) is 6.63. The zero-order valence-electron chi connectivity index (χ0n) is 8.20. The van der Waals surface area contributed by atoms with Crippen LogP contribution < -0.4 is 5.32 Å². The highest BCUT2D eigenvalue weighted by atomic mass is 15.3. The van der Waals surface area contributed by atoms with Crippen LogP contribution in [0.25, 0.3) is 0 Å². The van der Waals surface area contributed by atoms with Crippen molar-refractivity contribution in [3.63, 3.8) is 0 Å². The first-order chi connectivity index (χ1) is 6.29. The fraction of sp³-hybridized carbons (Fsp3) is 0.667. The maximum absolute atomic E-state index is 4.22. The van der Waals surface area contributed by atoms with Gasteiger partial charge in [0.25, 0.3) is 0 Å². The van der Waals surface area contributed by atoms with E-state index in [0.29, 0.717) is 6.04 Å². The summed E-state index contributed by atoms with van der Waals surface area (Å²) in [6.07, 6.45) is 3.77. The monoisotopic (exact) mass is 180 g/mol. The van der Waals surface area contributed by atoms with Gasteiger partial charge in [0.1, 0.15) is 0 Å². The Morgan fingerprint density at radius 1 is 1.62 bits per heavy atom. The van der Waals surface area contributed by atoms with Crippen molar-refractivity contribution < 1.29 is 0 Å². The number of nitrogens with one attached hydrogen (secondary N) is 1. The maximum Gasteiger partial charge on any atom is 0.202 e. The third kappa shape index (κ3) is 1.67. The van der Waals surface area contributed by atoms with E-state index >= 15 is 0 Å². The number of imidazole rings is 1. The first-order valence-electron chi connectivity index (χ1n) is 4.76. The first-order valence-corrected chi connectivity index (χ1v) is 4.76. The molecular weight excluding hydrogens is 164 g/mol. The third-order valence-corrected chi connectivity index (χ3v) is 2.56. The number of aromatic nitrogens is 2. The molecule has 4 nitrogen and oxygen atoms in total. The van der Waals surface area contributed by atoms with E-state index in [-0.39, 0.29) is 0 Å². The summed E-state index contributed by atoms with van der Waals surface area (Å²) in [5, 5.41) is 3.40. The summed E-state index contributed by atoms with van der Waals surface area (Å²) in [5.41, 5.74) is 0. The number of anilines is 1. The number of aryl methyl sites for hydroxylation is 1. The summed E-state index contributed by atoms with van der Waals surface area (Å²) in [7, 11) is 2.01. The molecule has 1 aliphatic rings. The molecule has 0 unspecified atom stereocenters. The standard InChI is InChI=1S/C9H16N4/c1-3-13-6-8(7-13)11-9-10-4-5-12(9)2/h4-5,8H,3,6-7H2,1-2H3,(H,10,11). The second-order valence-electron chi connectivity index (χ2n) is 3.56. The number of likely N-dealkylation sites (N-methyl/N-ethyl adjacent to an activating group) is 1. The summed E-state index contributed by atoms with van der Waals surface area (Å²) in [5.74, 6) is 0.973. The van der Waals surface area contributed by atoms with Crippen molar-refractivity contribution in [1.29, 1.82) is 0 Å². The van der Waals surface area contributed by atoms with Crippen LogP contribution in [0, 0.1) is 0 Å². The van der Waals surface area contributed by atoms with E-state index in [0.717, 1.165) is 25.6 Å². The van der Waals surface area contributed by atoms with Gasteiger partial charge >= 0.3 is 0 Å². The molecule has 2 heterocycles. The Balaban J connectivity index is 1.84. The Morgan fingerprint density at radius 3 is 2.92 bits per heavy atom. The Kier molecular flexibility index (Phi) is 2.22. The fourth-order valence-corrected chi connectivity index (χ4v) is 1.61. The molecule has 0 radical (unpaired) electrons. The summed E-state index contributed by atoms with van der Waals surface area (Å²) >= 11 is 0. The van der Waals surface area contributed by atoms with Crippen molar-refractivity contribution in [2.75, 3.05) is 25.0 Å². The zero-order valence-corrected chi connectivity index (χ0v) is 8.20. The molecular formula is C9H16N4. The molecule has 13 heavy (non-hydrogen) atoms. The van der Waals surface area contributed by atoms with Gasteiger partial charge in [0, 0.05) is 32.5 Å². The first kappa shape index (κ1) is 8.56. The Labute approximate surface area is 78.6 Å². The summed E-state index contributed by atoms with van der Waals surface area (Å²) in [6, 6.07) is 0.584. The number of hydrogen-bond acceptors (Lipinski definition) is 3. The third-order valence-electron chi connectivity index (χ3n) is 2.56. The SMILES string of the molecule is CCN1CC(Nc2nccn2C)C1. The second kappa shape index (κ2) is 3.38. The van der Waals surface area contributed by atoms with E-state index in [9.17, 15) is 0 Å². The average molecular weight is 180 g/mol. The molecule has 0 saturated carbocycles. The smallest absolute Gasteiger partial charge is 0.202 e. The van der Waals surface area contributed by atoms with Crippen LogP contribution in [0.5, 0.6) is 0 Å². The minimum Gasteiger partial charge on any atom is -0.350 e. The molecule has 1 fully saturated rings. The van der Waals surface area contributed by atoms with Crippen LogP contribution in [0.15, 0.2) is 12.4 Å². The van der Waals surface area contributed by atoms with Crippen LogP contribution in [0.3, 0.4) is 0 Å². The van der Waals surface area contributed by atoms with Gasteiger partial charge in [0.05, 0.1) is 6.04 Å². The number of rotatable bonds is 3. The molecule has 0 amide bonds. The van der Waals surface area contributed by atoms with Crippen molar-refractivity contribution in [2.24, 2.45) is 7.05 Å². The molecule has 1 aromatic rings. The van der Waals surface area contributed by atoms with Crippen molar-refractivity contribution >= 4 is 5.95 Å². The Hall–Kier alpha value is -1.03. The molecule has 1 saturated heterocycles. The predicted molar refractivity (Wildman–Crippen MR) is 52.7 cm³/mol. The minimum absolute atomic E-state index is 0.584. The lowest BCUT2D eigenvalue weighted by molar-refractivity contribution is 0.171. The largest absolute Gasteiger partial charge is 0.350 e. The molecule has 0 bridgehead atoms. The minimum atomic E-state index is 0.584. The maximum atomic E-state index is 4.22. The quantitative estimate of drug-likeness (QED) is 0.737. The molecule has 1 aromatic heterocycles. The topological polar surface area (TPSA) is 33.1 Å². The van der Waals surface area contributed by atoms with Crippen LogP contribution in [-0.2, 0) is 7.05 Å². The van der Waals surface area contributed by atoms with E-state index in [1.54, 1.807) is 0 Å². The van der Waals surface area contributed by atoms with Crippen LogP contribution in [0.1, 0.15) is 6.92 Å². The van der Waals surface area contributed by atoms with Crippen LogP contribution in [0.2, 0.25) is 0 Å². The fourth-order valence-electron chi connectivity index (χ4n) is 1.61. The molecule has 2 rings (SSSR count). The van der Waals surface area contributed by atoms with Crippen LogP contribution in [0.4, 0.5) is 5.95 Å². The molecule has 0 aliphatic carbocycles. The van der Waals surface area contributed by atoms with Crippen LogP contribution in [-0.4, -0.2) is 40.1 Å². The average Bonchev–Trinajstić information content (AvgIpc) is 2.43. The van der Waals surface area contributed by atoms with Gasteiger partial charge < -0.3 is 9.88 Å². The molecule has 0 aromatic carbocycles. The second-order valence-corrected chi connectivity index (χ2v) is 3.56. The van der Waals surface area contributed by atoms with E-state index in [1.165, 1.54) is 0 Å². The number of hydrogen-bond donors (Lipinski definition) is 1. The zero-order chi connectivity index (χ0) is 9.26. The van der Waals surface area contributed by atoms with Gasteiger partial charge in [-0.3, -0.25) is 4.90 Å². The normalized spacial score (nSPS) is 18.6. The lowest BCUT2D eigenvalue weighted by atomic mass is 10.1. The van der Waals surface area contributed by atoms with Crippen molar-refractivity contribution in [1.82, 2.24) is 14.5 Å². The van der Waals surface area contributed by atoms with E-state index in [4.69, 9.17) is 0 Å². The lowest BCUT2D eigenvalue weighted by Crippen LogP contribution is -2.54. The van der Waals surface area contributed by atoms with Gasteiger partial charge in [-0.2, -0.15) is 0 Å². The van der Waals surface area contributed by atoms with Crippen molar-refractivity contribution in [3.8, 4) is 0 Å². The number of nitrogens with zero attached hydrogens (tertiary/aromatic N) is 3. The molecule has 1 N–H and O–H groups in total. The lowest BCUT2D eigenvalue weighted by Gasteiger charge is -2.38. The highest BCUT2D eigenvalue weighted by Gasteiger charge is 2.25. The summed E-state index contributed by atoms with van der Waals surface area (Å²) < 4.78 is 2.01. The van der Waals surface area contributed by atoms with Gasteiger partial charge in [-0.15, -0.1) is 0 Å². The van der Waals surface area contributed by atoms with E-state index in [1.807, 2.05) is 24.0 Å². The van der Waals surface area contributed by atoms with E-state index in [2.05, 4.69) is 22.1 Å². The van der Waals surface area contributed by atoms with E-state index < -0.39 is 0 Å². The van der Waals surface area contributed by atoms with Gasteiger partial charge in [-0.1, -0.05) is 6.92 Å². The molecule has 4 heteroatoms. The van der Waals surface area contributed by atoms with Gasteiger partial charge in [-0.25, -0.2) is 4.98 Å². The van der Waals surface area contributed by atoms with Gasteiger partial charge in [0.15, 0.2) is 0 Å². The van der Waals surface area contributed by atoms with Crippen LogP contribution >= 0.6 is 0 Å². The van der Waals surface area contributed by atoms with Crippen molar-refractivity contribution in [3.05, 3.63) is 12.4 Å². The number of likely N-dealkylation sites (tertiary alicyclic amines) is 1. The van der Waals surface area contributed by atoms with Crippen molar-refractivity contribution in [2.45, 2.75) is 13.0 Å². The van der Waals surface area contributed by atoms with Gasteiger partial charge in [0.2, 0.25) is 5.95 Å². The Bertz CT molecular complexity index is 275. The molecule has 0 spiro atoms. The molecule has 0 atom stereocenters.